The molecular weight excluding hydrogens is 608 g/mol. The Labute approximate surface area is 249 Å². The van der Waals surface area contributed by atoms with Gasteiger partial charge in [-0.2, -0.15) is 0 Å². The van der Waals surface area contributed by atoms with Crippen LogP contribution in [0.15, 0.2) is 0 Å². The van der Waals surface area contributed by atoms with E-state index in [1.54, 1.807) is 0 Å². The molecule has 258 valence electrons. The van der Waals surface area contributed by atoms with Crippen LogP contribution in [0.2, 0.25) is 0 Å². The fourth-order valence-electron chi connectivity index (χ4n) is 5.49. The summed E-state index contributed by atoms with van der Waals surface area (Å²) in [5.74, 6) is 0. The minimum Gasteiger partial charge on any atom is -0.394 e. The standard InChI is InChI=1S/C24H42O20/c25-1-7-12(31)13(32)16(35)22(39-7)43-20-9(3-27)41-24(18(37)15(20)34)44-21-10(4-28)40-23(17(36)14(21)33)42-19-8(2-26)38-5-6(29)11(19)30/h6-37H,1-5H2. The van der Waals surface area contributed by atoms with Gasteiger partial charge in [0.15, 0.2) is 18.9 Å². The van der Waals surface area contributed by atoms with Crippen LogP contribution < -0.4 is 0 Å². The average molecular weight is 651 g/mol. The van der Waals surface area contributed by atoms with Crippen molar-refractivity contribution in [3.63, 3.8) is 0 Å². The van der Waals surface area contributed by atoms with Crippen LogP contribution in [0.5, 0.6) is 0 Å². The predicted molar refractivity (Wildman–Crippen MR) is 133 cm³/mol. The summed E-state index contributed by atoms with van der Waals surface area (Å²) in [7, 11) is 0. The largest absolute Gasteiger partial charge is 0.394 e. The molecule has 0 aliphatic carbocycles. The Kier molecular flexibility index (Phi) is 12.6. The quantitative estimate of drug-likeness (QED) is 0.104. The van der Waals surface area contributed by atoms with Crippen LogP contribution >= 0.6 is 0 Å². The van der Waals surface area contributed by atoms with E-state index < -0.39 is 143 Å². The molecule has 4 saturated heterocycles. The Balaban J connectivity index is 1.43. The van der Waals surface area contributed by atoms with Crippen molar-refractivity contribution < 1.29 is 99.5 Å². The van der Waals surface area contributed by atoms with Crippen molar-refractivity contribution in [2.75, 3.05) is 33.0 Å². The molecule has 20 nitrogen and oxygen atoms in total. The number of aliphatic hydroxyl groups is 13. The second-order valence-electron chi connectivity index (χ2n) is 11.0. The molecule has 4 aliphatic heterocycles. The number of rotatable bonds is 10. The smallest absolute Gasteiger partial charge is 0.187 e. The van der Waals surface area contributed by atoms with Gasteiger partial charge in [0.1, 0.15) is 97.7 Å². The molecule has 4 rings (SSSR count). The van der Waals surface area contributed by atoms with E-state index >= 15 is 0 Å². The molecule has 0 bridgehead atoms. The van der Waals surface area contributed by atoms with Crippen LogP contribution in [0.1, 0.15) is 0 Å². The molecule has 4 fully saturated rings. The van der Waals surface area contributed by atoms with Crippen molar-refractivity contribution in [1.29, 1.82) is 0 Å². The zero-order chi connectivity index (χ0) is 32.5. The van der Waals surface area contributed by atoms with Gasteiger partial charge >= 0.3 is 0 Å². The van der Waals surface area contributed by atoms with Crippen LogP contribution in [0.4, 0.5) is 0 Å². The van der Waals surface area contributed by atoms with Gasteiger partial charge in [0.05, 0.1) is 33.0 Å². The Bertz CT molecular complexity index is 879. The molecule has 20 heteroatoms. The van der Waals surface area contributed by atoms with E-state index in [4.69, 9.17) is 33.2 Å². The normalized spacial score (nSPS) is 52.2. The third-order valence-corrected chi connectivity index (χ3v) is 8.12. The van der Waals surface area contributed by atoms with E-state index in [1.165, 1.54) is 0 Å². The van der Waals surface area contributed by atoms with Crippen molar-refractivity contribution in [3.8, 4) is 0 Å². The zero-order valence-corrected chi connectivity index (χ0v) is 23.2. The van der Waals surface area contributed by atoms with Gasteiger partial charge in [0.25, 0.3) is 0 Å². The van der Waals surface area contributed by atoms with Crippen LogP contribution in [0, 0.1) is 0 Å². The molecule has 4 aliphatic rings. The second kappa shape index (κ2) is 15.4. The Hall–Kier alpha value is -0.800. The van der Waals surface area contributed by atoms with Crippen molar-refractivity contribution >= 4 is 0 Å². The minimum absolute atomic E-state index is 0.309. The van der Waals surface area contributed by atoms with Crippen LogP contribution in [0.3, 0.4) is 0 Å². The van der Waals surface area contributed by atoms with Crippen LogP contribution in [-0.4, -0.2) is 216 Å². The molecule has 19 unspecified atom stereocenters. The summed E-state index contributed by atoms with van der Waals surface area (Å²) in [6, 6.07) is 0. The average Bonchev–Trinajstić information content (AvgIpc) is 3.02. The highest BCUT2D eigenvalue weighted by Crippen LogP contribution is 2.33. The molecule has 0 aromatic carbocycles. The Morgan fingerprint density at radius 1 is 0.409 bits per heavy atom. The van der Waals surface area contributed by atoms with Crippen LogP contribution in [-0.2, 0) is 33.2 Å². The molecule has 0 amide bonds. The summed E-state index contributed by atoms with van der Waals surface area (Å²) in [5.41, 5.74) is 0. The number of aliphatic hydroxyl groups excluding tert-OH is 13. The molecule has 0 aromatic heterocycles. The first-order chi connectivity index (χ1) is 20.9. The van der Waals surface area contributed by atoms with Gasteiger partial charge in [-0.15, -0.1) is 0 Å². The zero-order valence-electron chi connectivity index (χ0n) is 23.2. The lowest BCUT2D eigenvalue weighted by Gasteiger charge is -2.48. The summed E-state index contributed by atoms with van der Waals surface area (Å²) in [4.78, 5) is 0. The van der Waals surface area contributed by atoms with Gasteiger partial charge in [-0.25, -0.2) is 0 Å². The summed E-state index contributed by atoms with van der Waals surface area (Å²) in [6.07, 6.45) is -31.7. The van der Waals surface area contributed by atoms with E-state index in [9.17, 15) is 66.4 Å². The molecule has 0 aromatic rings. The van der Waals surface area contributed by atoms with Crippen LogP contribution in [0.25, 0.3) is 0 Å². The third kappa shape index (κ3) is 7.19. The summed E-state index contributed by atoms with van der Waals surface area (Å²) in [5, 5.41) is 132. The molecule has 4 heterocycles. The maximum absolute atomic E-state index is 10.9. The van der Waals surface area contributed by atoms with Crippen molar-refractivity contribution in [2.24, 2.45) is 0 Å². The van der Waals surface area contributed by atoms with Gasteiger partial charge < -0.3 is 99.5 Å². The molecule has 44 heavy (non-hydrogen) atoms. The fourth-order valence-corrected chi connectivity index (χ4v) is 5.49. The minimum atomic E-state index is -1.99. The molecule has 19 atom stereocenters. The molecule has 13 N–H and O–H groups in total. The monoisotopic (exact) mass is 650 g/mol. The highest BCUT2D eigenvalue weighted by atomic mass is 16.8. The second-order valence-corrected chi connectivity index (χ2v) is 11.0. The van der Waals surface area contributed by atoms with E-state index in [0.717, 1.165) is 0 Å². The molecule has 0 spiro atoms. The van der Waals surface area contributed by atoms with E-state index in [0.29, 0.717) is 0 Å². The van der Waals surface area contributed by atoms with Gasteiger partial charge in [-0.1, -0.05) is 0 Å². The van der Waals surface area contributed by atoms with E-state index in [-0.39, 0.29) is 6.61 Å². The van der Waals surface area contributed by atoms with Gasteiger partial charge in [0, 0.05) is 0 Å². The third-order valence-electron chi connectivity index (χ3n) is 8.12. The number of hydrogen-bond donors (Lipinski definition) is 13. The lowest BCUT2D eigenvalue weighted by molar-refractivity contribution is -0.384. The lowest BCUT2D eigenvalue weighted by Crippen LogP contribution is -2.67. The van der Waals surface area contributed by atoms with Crippen molar-refractivity contribution in [1.82, 2.24) is 0 Å². The summed E-state index contributed by atoms with van der Waals surface area (Å²) >= 11 is 0. The number of hydrogen-bond acceptors (Lipinski definition) is 20. The summed E-state index contributed by atoms with van der Waals surface area (Å²) < 4.78 is 38.1. The lowest BCUT2D eigenvalue weighted by atomic mass is 9.95. The van der Waals surface area contributed by atoms with Gasteiger partial charge in [-0.3, -0.25) is 0 Å². The molecular formula is C24H42O20. The highest BCUT2D eigenvalue weighted by molar-refractivity contribution is 4.97. The SMILES string of the molecule is OCC1OC(OC2C(CO)OC(OC3C(CO)OC(OC4C(CO)OCC(O)C4O)C(O)C3O)C(O)C2O)C(O)C(O)C1O. The maximum atomic E-state index is 10.9. The van der Waals surface area contributed by atoms with E-state index in [1.807, 2.05) is 0 Å². The molecule has 0 saturated carbocycles. The van der Waals surface area contributed by atoms with Gasteiger partial charge in [-0.05, 0) is 0 Å². The van der Waals surface area contributed by atoms with Crippen molar-refractivity contribution in [3.05, 3.63) is 0 Å². The first-order valence-corrected chi connectivity index (χ1v) is 14.0. The first kappa shape index (κ1) is 36.0. The van der Waals surface area contributed by atoms with Gasteiger partial charge in [0.2, 0.25) is 0 Å². The topological polar surface area (TPSA) is 328 Å². The maximum Gasteiger partial charge on any atom is 0.187 e. The predicted octanol–water partition coefficient (Wildman–Crippen LogP) is -9.07. The first-order valence-electron chi connectivity index (χ1n) is 14.0. The number of ether oxygens (including phenoxy) is 7. The van der Waals surface area contributed by atoms with Crippen molar-refractivity contribution in [2.45, 2.75) is 117 Å². The Morgan fingerprint density at radius 2 is 0.773 bits per heavy atom. The fraction of sp³-hybridized carbons (Fsp3) is 1.00. The highest BCUT2D eigenvalue weighted by Gasteiger charge is 2.54. The Morgan fingerprint density at radius 3 is 1.18 bits per heavy atom. The summed E-state index contributed by atoms with van der Waals surface area (Å²) in [6.45, 7) is -3.45. The molecule has 0 radical (unpaired) electrons. The van der Waals surface area contributed by atoms with E-state index in [2.05, 4.69) is 0 Å².